The summed E-state index contributed by atoms with van der Waals surface area (Å²) in [7, 11) is 0. The summed E-state index contributed by atoms with van der Waals surface area (Å²) in [6.07, 6.45) is 2.63. The minimum atomic E-state index is -0.473. The average molecular weight is 251 g/mol. The highest BCUT2D eigenvalue weighted by Crippen LogP contribution is 2.15. The van der Waals surface area contributed by atoms with Gasteiger partial charge in [0.05, 0.1) is 0 Å². The molecule has 0 bridgehead atoms. The maximum absolute atomic E-state index is 10.4. The number of hydrogen-bond donors (Lipinski definition) is 1. The largest absolute Gasteiger partial charge is 0.358 e. The van der Waals surface area contributed by atoms with Crippen LogP contribution in [0.15, 0.2) is 12.5 Å². The molecule has 1 aromatic heterocycles. The van der Waals surface area contributed by atoms with Gasteiger partial charge in [-0.15, -0.1) is 17.0 Å². The first-order valence-electron chi connectivity index (χ1n) is 3.53. The zero-order valence-electron chi connectivity index (χ0n) is 7.08. The van der Waals surface area contributed by atoms with Gasteiger partial charge in [0.2, 0.25) is 0 Å². The Hall–Kier alpha value is -0.950. The molecule has 13 heavy (non-hydrogen) atoms. The highest BCUT2D eigenvalue weighted by atomic mass is 79.9. The standard InChI is InChI=1S/C6H10N4O2.BrH/c1-5(2-7)9-4-8-3-6(9)10(11)12;/h3-5H,2,7H2,1H3;1H. The third kappa shape index (κ3) is 2.49. The average Bonchev–Trinajstić information content (AvgIpc) is 2.50. The summed E-state index contributed by atoms with van der Waals surface area (Å²) in [5, 5.41) is 10.4. The molecule has 1 atom stereocenters. The fourth-order valence-electron chi connectivity index (χ4n) is 0.892. The smallest absolute Gasteiger partial charge is 0.342 e. The van der Waals surface area contributed by atoms with Gasteiger partial charge in [0.15, 0.2) is 6.33 Å². The molecule has 0 saturated heterocycles. The Kier molecular flexibility index (Phi) is 4.57. The molecule has 0 fully saturated rings. The van der Waals surface area contributed by atoms with E-state index >= 15 is 0 Å². The van der Waals surface area contributed by atoms with E-state index in [1.807, 2.05) is 0 Å². The predicted molar refractivity (Wildman–Crippen MR) is 53.0 cm³/mol. The number of hydrogen-bond acceptors (Lipinski definition) is 4. The summed E-state index contributed by atoms with van der Waals surface area (Å²) in [6.45, 7) is 2.16. The molecule has 0 aromatic carbocycles. The predicted octanol–water partition coefficient (Wildman–Crippen LogP) is 0.889. The zero-order chi connectivity index (χ0) is 9.14. The van der Waals surface area contributed by atoms with Crippen molar-refractivity contribution in [1.82, 2.24) is 9.55 Å². The van der Waals surface area contributed by atoms with Crippen molar-refractivity contribution < 1.29 is 4.92 Å². The van der Waals surface area contributed by atoms with Gasteiger partial charge in [-0.1, -0.05) is 0 Å². The fourth-order valence-corrected chi connectivity index (χ4v) is 0.892. The molecule has 6 nitrogen and oxygen atoms in total. The van der Waals surface area contributed by atoms with Gasteiger partial charge in [0, 0.05) is 6.54 Å². The number of nitrogens with two attached hydrogens (primary N) is 1. The van der Waals surface area contributed by atoms with Gasteiger partial charge in [-0.2, -0.15) is 0 Å². The van der Waals surface area contributed by atoms with Crippen molar-refractivity contribution in [1.29, 1.82) is 0 Å². The van der Waals surface area contributed by atoms with E-state index in [9.17, 15) is 10.1 Å². The lowest BCUT2D eigenvalue weighted by molar-refractivity contribution is -0.392. The molecule has 0 aliphatic heterocycles. The first-order valence-corrected chi connectivity index (χ1v) is 3.53. The molecular formula is C6H11BrN4O2. The lowest BCUT2D eigenvalue weighted by atomic mass is 10.3. The summed E-state index contributed by atoms with van der Waals surface area (Å²) < 4.78 is 1.44. The van der Waals surface area contributed by atoms with E-state index in [0.717, 1.165) is 0 Å². The number of halogens is 1. The molecule has 74 valence electrons. The van der Waals surface area contributed by atoms with Crippen molar-refractivity contribution in [2.24, 2.45) is 5.73 Å². The lowest BCUT2D eigenvalue weighted by Crippen LogP contribution is -2.16. The van der Waals surface area contributed by atoms with Crippen LogP contribution in [-0.2, 0) is 0 Å². The molecule has 0 aliphatic rings. The van der Waals surface area contributed by atoms with Crippen LogP contribution in [0, 0.1) is 10.1 Å². The van der Waals surface area contributed by atoms with Crippen molar-refractivity contribution in [3.8, 4) is 0 Å². The summed E-state index contributed by atoms with van der Waals surface area (Å²) in [6, 6.07) is -0.0899. The van der Waals surface area contributed by atoms with E-state index in [1.54, 1.807) is 6.92 Å². The number of nitrogens with zero attached hydrogens (tertiary/aromatic N) is 3. The maximum Gasteiger partial charge on any atom is 0.342 e. The van der Waals surface area contributed by atoms with Gasteiger partial charge < -0.3 is 15.8 Å². The molecule has 0 spiro atoms. The van der Waals surface area contributed by atoms with Gasteiger partial charge in [-0.05, 0) is 11.8 Å². The van der Waals surface area contributed by atoms with E-state index in [0.29, 0.717) is 6.54 Å². The van der Waals surface area contributed by atoms with E-state index in [1.165, 1.54) is 17.1 Å². The summed E-state index contributed by atoms with van der Waals surface area (Å²) >= 11 is 0. The summed E-state index contributed by atoms with van der Waals surface area (Å²) in [4.78, 5) is 13.6. The van der Waals surface area contributed by atoms with Crippen LogP contribution in [0.2, 0.25) is 0 Å². The first kappa shape index (κ1) is 12.0. The molecule has 0 radical (unpaired) electrons. The van der Waals surface area contributed by atoms with Crippen LogP contribution in [0.1, 0.15) is 13.0 Å². The van der Waals surface area contributed by atoms with Crippen molar-refractivity contribution in [2.45, 2.75) is 13.0 Å². The second-order valence-electron chi connectivity index (χ2n) is 2.50. The van der Waals surface area contributed by atoms with Crippen LogP contribution < -0.4 is 5.73 Å². The highest BCUT2D eigenvalue weighted by Gasteiger charge is 2.17. The van der Waals surface area contributed by atoms with E-state index in [2.05, 4.69) is 4.98 Å². The summed E-state index contributed by atoms with van der Waals surface area (Å²) in [5.41, 5.74) is 5.36. The van der Waals surface area contributed by atoms with Crippen LogP contribution in [-0.4, -0.2) is 21.0 Å². The van der Waals surface area contributed by atoms with Crippen molar-refractivity contribution in [3.05, 3.63) is 22.6 Å². The van der Waals surface area contributed by atoms with Crippen LogP contribution in [0.5, 0.6) is 0 Å². The lowest BCUT2D eigenvalue weighted by Gasteiger charge is -2.05. The van der Waals surface area contributed by atoms with Gasteiger partial charge >= 0.3 is 5.82 Å². The van der Waals surface area contributed by atoms with Gasteiger partial charge in [-0.25, -0.2) is 9.55 Å². The van der Waals surface area contributed by atoms with E-state index in [4.69, 9.17) is 5.73 Å². The van der Waals surface area contributed by atoms with Crippen LogP contribution >= 0.6 is 17.0 Å². The second-order valence-corrected chi connectivity index (χ2v) is 2.50. The molecular weight excluding hydrogens is 240 g/mol. The van der Waals surface area contributed by atoms with Crippen LogP contribution in [0.4, 0.5) is 5.82 Å². The molecule has 1 rings (SSSR count). The van der Waals surface area contributed by atoms with Crippen molar-refractivity contribution in [2.75, 3.05) is 6.54 Å². The van der Waals surface area contributed by atoms with Gasteiger partial charge in [-0.3, -0.25) is 0 Å². The Labute approximate surface area is 85.7 Å². The quantitative estimate of drug-likeness (QED) is 0.638. The maximum atomic E-state index is 10.4. The first-order chi connectivity index (χ1) is 5.66. The minimum absolute atomic E-state index is 0. The SMILES string of the molecule is Br.CC(CN)n1cncc1[N+](=O)[O-]. The Morgan fingerprint density at radius 1 is 1.85 bits per heavy atom. The van der Waals surface area contributed by atoms with Gasteiger partial charge in [0.25, 0.3) is 0 Å². The van der Waals surface area contributed by atoms with Crippen molar-refractivity contribution >= 4 is 22.8 Å². The Bertz CT molecular complexity index is 288. The molecule has 7 heteroatoms. The monoisotopic (exact) mass is 250 g/mol. The van der Waals surface area contributed by atoms with Crippen LogP contribution in [0.3, 0.4) is 0 Å². The topological polar surface area (TPSA) is 87.0 Å². The Morgan fingerprint density at radius 2 is 2.46 bits per heavy atom. The van der Waals surface area contributed by atoms with E-state index < -0.39 is 4.92 Å². The molecule has 0 amide bonds. The Morgan fingerprint density at radius 3 is 2.92 bits per heavy atom. The molecule has 2 N–H and O–H groups in total. The number of aromatic nitrogens is 2. The highest BCUT2D eigenvalue weighted by molar-refractivity contribution is 8.93. The molecule has 0 aliphatic carbocycles. The van der Waals surface area contributed by atoms with Gasteiger partial charge in [0.1, 0.15) is 12.2 Å². The van der Waals surface area contributed by atoms with Crippen LogP contribution in [0.25, 0.3) is 0 Å². The molecule has 1 unspecified atom stereocenters. The number of rotatable bonds is 3. The minimum Gasteiger partial charge on any atom is -0.358 e. The molecule has 1 aromatic rings. The third-order valence-corrected chi connectivity index (χ3v) is 1.65. The third-order valence-electron chi connectivity index (χ3n) is 1.65. The summed E-state index contributed by atoms with van der Waals surface area (Å²) in [5.74, 6) is -0.0204. The normalized spacial score (nSPS) is 11.8. The van der Waals surface area contributed by atoms with E-state index in [-0.39, 0.29) is 28.8 Å². The number of imidazole rings is 1. The second kappa shape index (κ2) is 4.93. The zero-order valence-corrected chi connectivity index (χ0v) is 8.80. The molecule has 1 heterocycles. The molecule has 0 saturated carbocycles. The van der Waals surface area contributed by atoms with Crippen molar-refractivity contribution in [3.63, 3.8) is 0 Å². The number of nitro groups is 1. The fraction of sp³-hybridized carbons (Fsp3) is 0.500. The Balaban J connectivity index is 0.00000144.